The molecule has 4 fully saturated rings. The van der Waals surface area contributed by atoms with Crippen molar-refractivity contribution in [1.29, 1.82) is 0 Å². The third kappa shape index (κ3) is 21.5. The molecule has 2 saturated carbocycles. The van der Waals surface area contributed by atoms with Crippen molar-refractivity contribution in [1.82, 2.24) is 63.8 Å². The molecule has 2 saturated heterocycles. The van der Waals surface area contributed by atoms with Crippen LogP contribution in [0.25, 0.3) is 0 Å². The molecule has 23 nitrogen and oxygen atoms in total. The minimum Gasteiger partial charge on any atom is -0.870 e. The largest absolute Gasteiger partial charge is 1.00 e. The van der Waals surface area contributed by atoms with Gasteiger partial charge in [0.1, 0.15) is 58.4 Å². The van der Waals surface area contributed by atoms with E-state index < -0.39 is 35.7 Å². The summed E-state index contributed by atoms with van der Waals surface area (Å²) in [5.41, 5.74) is 2.44. The quantitative estimate of drug-likeness (QED) is 0.0502. The number of aryl methyl sites for hydroxylation is 6. The third-order valence-corrected chi connectivity index (χ3v) is 21.5. The normalized spacial score (nSPS) is 18.9. The number of hydrogen-bond acceptors (Lipinski definition) is 13. The number of aromatic nitrogens is 6. The number of hydrogen-bond donors (Lipinski definition) is 2. The molecule has 5 aromatic rings. The van der Waals surface area contributed by atoms with Crippen LogP contribution in [0, 0.1) is 29.4 Å². The number of halogens is 2. The monoisotopic (exact) mass is 1420 g/mol. The Hall–Kier alpha value is -7.75. The molecule has 26 heteroatoms. The Bertz CT molecular complexity index is 3590. The van der Waals surface area contributed by atoms with Crippen molar-refractivity contribution < 1.29 is 76.2 Å². The molecule has 3 aromatic heterocycles. The van der Waals surface area contributed by atoms with Gasteiger partial charge in [0.2, 0.25) is 23.6 Å². The van der Waals surface area contributed by atoms with Gasteiger partial charge >= 0.3 is 25.0 Å². The molecule has 3 N–H and O–H groups in total. The van der Waals surface area contributed by atoms with Crippen LogP contribution in [0.4, 0.5) is 13.6 Å². The van der Waals surface area contributed by atoms with E-state index in [1.807, 2.05) is 50.1 Å². The van der Waals surface area contributed by atoms with Gasteiger partial charge in [0.15, 0.2) is 0 Å². The van der Waals surface area contributed by atoms with E-state index in [4.69, 9.17) is 4.74 Å². The Morgan fingerprint density at radius 3 is 1.37 bits per heavy atom. The second-order valence-electron chi connectivity index (χ2n) is 29.9. The van der Waals surface area contributed by atoms with Gasteiger partial charge in [-0.15, -0.1) is 6.20 Å². The maximum Gasteiger partial charge on any atom is 1.00 e. The van der Waals surface area contributed by atoms with Gasteiger partial charge in [-0.2, -0.15) is 0 Å². The van der Waals surface area contributed by atoms with Crippen LogP contribution >= 0.6 is 0 Å². The summed E-state index contributed by atoms with van der Waals surface area (Å²) in [5.74, 6) is 1.35. The van der Waals surface area contributed by atoms with Crippen molar-refractivity contribution in [2.24, 2.45) is 17.8 Å². The summed E-state index contributed by atoms with van der Waals surface area (Å²) in [6.07, 6.45) is 27.5. The molecule has 12 rings (SSSR count). The van der Waals surface area contributed by atoms with Gasteiger partial charge in [-0.05, 0) is 171 Å². The van der Waals surface area contributed by atoms with E-state index in [0.717, 1.165) is 177 Å². The van der Waals surface area contributed by atoms with Crippen LogP contribution < -0.4 is 29.5 Å². The number of amides is 7. The number of fused-ring (bicyclic) bond motifs is 3. The summed E-state index contributed by atoms with van der Waals surface area (Å²) in [7, 11) is 1.53. The molecule has 2 aliphatic carbocycles. The molecule has 103 heavy (non-hydrogen) atoms. The van der Waals surface area contributed by atoms with Crippen LogP contribution in [0.5, 0.6) is 0 Å². The van der Waals surface area contributed by atoms with E-state index in [-0.39, 0.29) is 95.3 Å². The van der Waals surface area contributed by atoms with Crippen LogP contribution in [0.1, 0.15) is 212 Å². The molecule has 0 bridgehead atoms. The molecule has 0 radical (unpaired) electrons. The molecule has 7 aliphatic rings. The standard InChI is InChI=1S/C37H53FN6O5.C33H46FN5O3.C7H7N2O.Li.H2O/c1-25(41(5)36(48)49-37(2,3)4)33(45)40-32(27-11-7-6-8-12-27)35(47)44-21-9-13-29(44)23-43(22-19-26-15-17-28(38)18-16-26)34(46)30-24-42-20-10-14-31(42)39-30;1-3-23(2)31(40)36-30(25-9-5-4-6-10-25)33(42)39-19-7-11-27(39)21-38(20-17-24-13-15-26(34)16-14-24)32(41)28-22-37-18-8-12-29(37)35-28;10-5-6-4-9-3-1-2-7(9)8-6;;/h15-18,24-25,27,29,32H,6-14,19-23H2,1-5H3,(H,40,45);13-16,22-23,25,27,30H,3-12,17-21H2,1-2H3,(H,36,40);4H,1-3H2;;1H2/q;;-1;+1;/p-1/t25-,29-,32-;23-,27+,30+;;;/m01.../s1. The van der Waals surface area contributed by atoms with Crippen molar-refractivity contribution in [2.45, 2.75) is 245 Å². The SMILES string of the molecule is CC[C@@H](C)C(=O)N[C@H](C(=O)N1CCC[C@H]1CN(CCc1ccc(F)cc1)C(=O)c1cn2c(n1)CCC2)C1CCCCC1.C[C@@H](C(=O)N[C@H](C(=O)N1CCC[C@H]1CN(CCc1ccc(F)cc1)C(=O)c1cn2c(n1)CCC2)C1CCCCC1)N(C)C(=O)OC(C)(C)C.O=[C-]c1cn2c(n1)CCC2.[Li+].[OH-]. The Morgan fingerprint density at radius 1 is 0.573 bits per heavy atom. The Balaban J connectivity index is 0.000000227. The van der Waals surface area contributed by atoms with Crippen LogP contribution in [-0.4, -0.2) is 189 Å². The van der Waals surface area contributed by atoms with Crippen LogP contribution in [0.2, 0.25) is 0 Å². The molecule has 8 heterocycles. The predicted octanol–water partition coefficient (Wildman–Crippen LogP) is 6.83. The number of carbonyl (C=O) groups is 7. The predicted molar refractivity (Wildman–Crippen MR) is 380 cm³/mol. The minimum atomic E-state index is -0.848. The number of benzene rings is 2. The molecule has 6 atom stereocenters. The molecule has 2 aromatic carbocycles. The van der Waals surface area contributed by atoms with Gasteiger partial charge in [-0.25, -0.2) is 23.5 Å². The van der Waals surface area contributed by atoms with E-state index in [2.05, 4.69) is 30.2 Å². The maximum absolute atomic E-state index is 14.5. The number of likely N-dealkylation sites (tertiary alicyclic amines) is 2. The van der Waals surface area contributed by atoms with E-state index in [1.165, 1.54) is 42.6 Å². The van der Waals surface area contributed by atoms with Crippen molar-refractivity contribution in [3.63, 3.8) is 0 Å². The molecular formula is C77H107F2LiN13O10-. The number of imidazole rings is 3. The molecule has 556 valence electrons. The summed E-state index contributed by atoms with van der Waals surface area (Å²) in [6, 6.07) is 10.2. The van der Waals surface area contributed by atoms with Crippen LogP contribution in [0.3, 0.4) is 0 Å². The fraction of sp³-hybridized carbons (Fsp3) is 0.623. The summed E-state index contributed by atoms with van der Waals surface area (Å²) in [5, 5.41) is 6.21. The fourth-order valence-corrected chi connectivity index (χ4v) is 15.3. The van der Waals surface area contributed by atoms with E-state index in [9.17, 15) is 47.1 Å². The first-order valence-corrected chi connectivity index (χ1v) is 37.4. The van der Waals surface area contributed by atoms with Crippen LogP contribution in [-0.2, 0) is 80.4 Å². The van der Waals surface area contributed by atoms with Gasteiger partial charge < -0.3 is 58.9 Å². The van der Waals surface area contributed by atoms with E-state index in [1.54, 1.807) is 69.3 Å². The third-order valence-electron chi connectivity index (χ3n) is 21.5. The molecular weight excluding hydrogens is 1310 g/mol. The summed E-state index contributed by atoms with van der Waals surface area (Å²) < 4.78 is 38.7. The second-order valence-corrected chi connectivity index (χ2v) is 29.9. The van der Waals surface area contributed by atoms with Crippen molar-refractivity contribution in [3.8, 4) is 0 Å². The summed E-state index contributed by atoms with van der Waals surface area (Å²) in [6.45, 7) is 16.3. The average molecular weight is 1420 g/mol. The van der Waals surface area contributed by atoms with Crippen molar-refractivity contribution >= 4 is 47.8 Å². The Kier molecular flexibility index (Phi) is 29.7. The first kappa shape index (κ1) is 80.9. The smallest absolute Gasteiger partial charge is 0.870 e. The van der Waals surface area contributed by atoms with Gasteiger partial charge in [0.05, 0.1) is 5.82 Å². The number of ether oxygens (including phenoxy) is 1. The molecule has 0 unspecified atom stereocenters. The first-order valence-electron chi connectivity index (χ1n) is 37.4. The van der Waals surface area contributed by atoms with Gasteiger partial charge in [0, 0.05) is 122 Å². The van der Waals surface area contributed by atoms with Gasteiger partial charge in [0.25, 0.3) is 11.8 Å². The van der Waals surface area contributed by atoms with Crippen molar-refractivity contribution in [3.05, 3.63) is 124 Å². The van der Waals surface area contributed by atoms with E-state index >= 15 is 0 Å². The zero-order chi connectivity index (χ0) is 71.9. The Morgan fingerprint density at radius 2 is 0.981 bits per heavy atom. The Labute approximate surface area is 617 Å². The zero-order valence-electron chi connectivity index (χ0n) is 61.9. The molecule has 7 amide bonds. The zero-order valence-corrected chi connectivity index (χ0v) is 61.9. The number of carbonyl (C=O) groups excluding carboxylic acids is 8. The maximum atomic E-state index is 14.5. The van der Waals surface area contributed by atoms with E-state index in [0.29, 0.717) is 69.2 Å². The summed E-state index contributed by atoms with van der Waals surface area (Å²) in [4.78, 5) is 128. The molecule has 0 spiro atoms. The van der Waals surface area contributed by atoms with Crippen LogP contribution in [0.15, 0.2) is 67.1 Å². The summed E-state index contributed by atoms with van der Waals surface area (Å²) >= 11 is 0. The van der Waals surface area contributed by atoms with Gasteiger partial charge in [-0.1, -0.05) is 76.6 Å². The first-order chi connectivity index (χ1) is 48.5. The molecule has 5 aliphatic heterocycles. The number of nitrogens with one attached hydrogen (secondary N) is 2. The minimum absolute atomic E-state index is 0. The van der Waals surface area contributed by atoms with Crippen molar-refractivity contribution in [2.75, 3.05) is 46.3 Å². The number of nitrogens with zero attached hydrogens (tertiary/aromatic N) is 11. The second kappa shape index (κ2) is 37.8. The number of rotatable bonds is 23. The fourth-order valence-electron chi connectivity index (χ4n) is 15.3. The van der Waals surface area contributed by atoms with Gasteiger partial charge in [-0.3, -0.25) is 38.7 Å². The number of likely N-dealkylation sites (N-methyl/N-ethyl adjacent to an activating group) is 1. The topological polar surface area (TPSA) is 270 Å². The average Bonchev–Trinajstić information content (AvgIpc) is 1.74.